The van der Waals surface area contributed by atoms with Gasteiger partial charge in [-0.15, -0.1) is 0 Å². The molecule has 1 unspecified atom stereocenters. The minimum Gasteiger partial charge on any atom is -0.491 e. The van der Waals surface area contributed by atoms with Gasteiger partial charge in [0.2, 0.25) is 0 Å². The molecular weight excluding hydrogens is 334 g/mol. The summed E-state index contributed by atoms with van der Waals surface area (Å²) in [6, 6.07) is 3.92. The summed E-state index contributed by atoms with van der Waals surface area (Å²) in [5, 5.41) is 11.8. The number of aryl methyl sites for hydroxylation is 2. The number of β-amino-alcohol motifs (C(OH)–C–C–N with tert-alkyl or cyclic N) is 1. The first-order valence-corrected chi connectivity index (χ1v) is 10.2. The molecule has 140 valence electrons. The fraction of sp³-hybridized carbons (Fsp3) is 0.714. The van der Waals surface area contributed by atoms with Crippen LogP contribution in [0.4, 0.5) is 0 Å². The Labute approximate surface area is 157 Å². The monoisotopic (exact) mass is 365 g/mol. The van der Waals surface area contributed by atoms with Crippen molar-refractivity contribution in [1.82, 2.24) is 4.90 Å². The normalized spacial score (nSPS) is 25.9. The second-order valence-corrected chi connectivity index (χ2v) is 8.60. The third-order valence-electron chi connectivity index (χ3n) is 5.79. The number of piperidine rings is 1. The summed E-state index contributed by atoms with van der Waals surface area (Å²) < 4.78 is 5.97. The van der Waals surface area contributed by atoms with Crippen molar-refractivity contribution in [1.29, 1.82) is 0 Å². The molecule has 4 heteroatoms. The van der Waals surface area contributed by atoms with E-state index in [1.165, 1.54) is 32.1 Å². The molecule has 1 atom stereocenters. The van der Waals surface area contributed by atoms with Gasteiger partial charge in [0.15, 0.2) is 0 Å². The van der Waals surface area contributed by atoms with Crippen molar-refractivity contribution in [3.05, 3.63) is 28.3 Å². The maximum absolute atomic E-state index is 11.0. The van der Waals surface area contributed by atoms with E-state index >= 15 is 0 Å². The molecule has 1 N–H and O–H groups in total. The van der Waals surface area contributed by atoms with Crippen molar-refractivity contribution < 1.29 is 9.84 Å². The Kier molecular flexibility index (Phi) is 6.30. The van der Waals surface area contributed by atoms with E-state index in [0.29, 0.717) is 6.61 Å². The van der Waals surface area contributed by atoms with Crippen LogP contribution in [-0.2, 0) is 0 Å². The smallest absolute Gasteiger partial charge is 0.120 e. The van der Waals surface area contributed by atoms with Gasteiger partial charge >= 0.3 is 0 Å². The largest absolute Gasteiger partial charge is 0.491 e. The van der Waals surface area contributed by atoms with Crippen LogP contribution in [0.5, 0.6) is 5.75 Å². The molecule has 1 saturated heterocycles. The predicted octanol–water partition coefficient (Wildman–Crippen LogP) is 4.74. The molecular formula is C21H32ClNO2. The molecule has 0 bridgehead atoms. The number of likely N-dealkylation sites (tertiary alicyclic amines) is 1. The molecule has 1 heterocycles. The maximum Gasteiger partial charge on any atom is 0.120 e. The SMILES string of the molecule is Cc1cc(OCC2(O)CCCN(CC3CCCCC3)C2)cc(C)c1Cl. The molecule has 1 aromatic rings. The minimum absolute atomic E-state index is 0.356. The van der Waals surface area contributed by atoms with Crippen LogP contribution in [0, 0.1) is 19.8 Å². The van der Waals surface area contributed by atoms with Gasteiger partial charge in [-0.2, -0.15) is 0 Å². The topological polar surface area (TPSA) is 32.7 Å². The summed E-state index contributed by atoms with van der Waals surface area (Å²) in [4.78, 5) is 2.46. The molecule has 1 aromatic carbocycles. The maximum atomic E-state index is 11.0. The van der Waals surface area contributed by atoms with Crippen molar-refractivity contribution in [2.24, 2.45) is 5.92 Å². The van der Waals surface area contributed by atoms with Gasteiger partial charge in [-0.05, 0) is 75.3 Å². The first kappa shape index (κ1) is 19.0. The van der Waals surface area contributed by atoms with Crippen molar-refractivity contribution in [3.63, 3.8) is 0 Å². The fourth-order valence-electron chi connectivity index (χ4n) is 4.42. The Morgan fingerprint density at radius 2 is 1.84 bits per heavy atom. The van der Waals surface area contributed by atoms with Crippen LogP contribution in [0.3, 0.4) is 0 Å². The zero-order valence-electron chi connectivity index (χ0n) is 15.7. The number of ether oxygens (including phenoxy) is 1. The van der Waals surface area contributed by atoms with Gasteiger partial charge in [0, 0.05) is 18.1 Å². The second kappa shape index (κ2) is 8.28. The zero-order chi connectivity index (χ0) is 17.9. The minimum atomic E-state index is -0.742. The van der Waals surface area contributed by atoms with Gasteiger partial charge in [0.1, 0.15) is 18.0 Å². The number of nitrogens with zero attached hydrogens (tertiary/aromatic N) is 1. The molecule has 1 aliphatic heterocycles. The van der Waals surface area contributed by atoms with Crippen LogP contribution in [0.1, 0.15) is 56.1 Å². The number of hydrogen-bond donors (Lipinski definition) is 1. The highest BCUT2D eigenvalue weighted by Crippen LogP contribution is 2.30. The molecule has 3 nitrogen and oxygen atoms in total. The Hall–Kier alpha value is -0.770. The highest BCUT2D eigenvalue weighted by atomic mass is 35.5. The molecule has 0 aromatic heterocycles. The lowest BCUT2D eigenvalue weighted by molar-refractivity contribution is -0.0637. The predicted molar refractivity (Wildman–Crippen MR) is 104 cm³/mol. The number of hydrogen-bond acceptors (Lipinski definition) is 3. The van der Waals surface area contributed by atoms with E-state index in [1.807, 2.05) is 26.0 Å². The standard InChI is InChI=1S/C21H32ClNO2/c1-16-11-19(12-17(2)20(16)22)25-15-21(24)9-6-10-23(14-21)13-18-7-4-3-5-8-18/h11-12,18,24H,3-10,13-15H2,1-2H3. The van der Waals surface area contributed by atoms with Gasteiger partial charge < -0.3 is 14.7 Å². The van der Waals surface area contributed by atoms with Crippen LogP contribution in [-0.4, -0.2) is 41.8 Å². The van der Waals surface area contributed by atoms with Gasteiger partial charge in [0.05, 0.1) is 0 Å². The third kappa shape index (κ3) is 5.12. The molecule has 0 spiro atoms. The molecule has 25 heavy (non-hydrogen) atoms. The number of aliphatic hydroxyl groups is 1. The summed E-state index contributed by atoms with van der Waals surface area (Å²) in [5.41, 5.74) is 1.30. The highest BCUT2D eigenvalue weighted by Gasteiger charge is 2.35. The summed E-state index contributed by atoms with van der Waals surface area (Å²) in [6.45, 7) is 7.32. The third-order valence-corrected chi connectivity index (χ3v) is 6.39. The van der Waals surface area contributed by atoms with E-state index in [9.17, 15) is 5.11 Å². The Bertz CT molecular complexity index is 562. The first-order valence-electron chi connectivity index (χ1n) is 9.79. The van der Waals surface area contributed by atoms with Gasteiger partial charge in [-0.3, -0.25) is 0 Å². The van der Waals surface area contributed by atoms with Crippen molar-refractivity contribution in [2.45, 2.75) is 64.4 Å². The van der Waals surface area contributed by atoms with Crippen LogP contribution in [0.2, 0.25) is 5.02 Å². The van der Waals surface area contributed by atoms with E-state index in [1.54, 1.807) is 0 Å². The summed E-state index contributed by atoms with van der Waals surface area (Å²) in [5.74, 6) is 1.62. The van der Waals surface area contributed by atoms with Crippen LogP contribution in [0.15, 0.2) is 12.1 Å². The Balaban J connectivity index is 1.55. The van der Waals surface area contributed by atoms with E-state index in [0.717, 1.165) is 60.3 Å². The van der Waals surface area contributed by atoms with Gasteiger partial charge in [-0.25, -0.2) is 0 Å². The lowest BCUT2D eigenvalue weighted by Gasteiger charge is -2.40. The van der Waals surface area contributed by atoms with E-state index in [2.05, 4.69) is 4.90 Å². The Morgan fingerprint density at radius 1 is 1.16 bits per heavy atom. The quantitative estimate of drug-likeness (QED) is 0.817. The van der Waals surface area contributed by atoms with Gasteiger partial charge in [0.25, 0.3) is 0 Å². The van der Waals surface area contributed by atoms with Crippen LogP contribution in [0.25, 0.3) is 0 Å². The van der Waals surface area contributed by atoms with E-state index in [4.69, 9.17) is 16.3 Å². The molecule has 3 rings (SSSR count). The van der Waals surface area contributed by atoms with Crippen molar-refractivity contribution in [2.75, 3.05) is 26.2 Å². The van der Waals surface area contributed by atoms with Gasteiger partial charge in [-0.1, -0.05) is 30.9 Å². The van der Waals surface area contributed by atoms with Crippen LogP contribution >= 0.6 is 11.6 Å². The van der Waals surface area contributed by atoms with Crippen LogP contribution < -0.4 is 4.74 Å². The molecule has 0 radical (unpaired) electrons. The Morgan fingerprint density at radius 3 is 2.52 bits per heavy atom. The molecule has 1 saturated carbocycles. The summed E-state index contributed by atoms with van der Waals surface area (Å²) >= 11 is 6.23. The molecule has 2 aliphatic rings. The first-order chi connectivity index (χ1) is 12.0. The number of rotatable bonds is 5. The summed E-state index contributed by atoms with van der Waals surface area (Å²) in [7, 11) is 0. The van der Waals surface area contributed by atoms with Crippen molar-refractivity contribution >= 4 is 11.6 Å². The number of benzene rings is 1. The van der Waals surface area contributed by atoms with E-state index < -0.39 is 5.60 Å². The zero-order valence-corrected chi connectivity index (χ0v) is 16.4. The number of halogens is 1. The summed E-state index contributed by atoms with van der Waals surface area (Å²) in [6.07, 6.45) is 8.73. The molecule has 2 fully saturated rings. The molecule has 1 aliphatic carbocycles. The lowest BCUT2D eigenvalue weighted by atomic mass is 9.87. The average molecular weight is 366 g/mol. The average Bonchev–Trinajstić information content (AvgIpc) is 2.59. The highest BCUT2D eigenvalue weighted by molar-refractivity contribution is 6.32. The van der Waals surface area contributed by atoms with E-state index in [-0.39, 0.29) is 0 Å². The molecule has 0 amide bonds. The lowest BCUT2D eigenvalue weighted by Crippen LogP contribution is -2.52. The van der Waals surface area contributed by atoms with Crippen molar-refractivity contribution in [3.8, 4) is 5.75 Å². The second-order valence-electron chi connectivity index (χ2n) is 8.23. The fourth-order valence-corrected chi connectivity index (χ4v) is 4.53.